The Morgan fingerprint density at radius 1 is 1.02 bits per heavy atom. The van der Waals surface area contributed by atoms with E-state index in [0.717, 1.165) is 48.8 Å². The van der Waals surface area contributed by atoms with Gasteiger partial charge in [0.2, 0.25) is 11.8 Å². The second kappa shape index (κ2) is 17.6. The molecule has 3 atom stereocenters. The van der Waals surface area contributed by atoms with E-state index in [4.69, 9.17) is 4.74 Å². The number of carbonyl (C=O) groups excluding carboxylic acids is 3. The number of nitrogens with one attached hydrogen (secondary N) is 2. The molecule has 0 radical (unpaired) electrons. The molecule has 0 aliphatic carbocycles. The van der Waals surface area contributed by atoms with Gasteiger partial charge in [-0.25, -0.2) is 4.79 Å². The van der Waals surface area contributed by atoms with Gasteiger partial charge in [0, 0.05) is 12.6 Å². The Labute approximate surface area is 248 Å². The van der Waals surface area contributed by atoms with Crippen molar-refractivity contribution < 1.29 is 19.1 Å². The molecular formula is C32H55N3O4S. The lowest BCUT2D eigenvalue weighted by Gasteiger charge is -2.39. The molecule has 0 aliphatic rings. The van der Waals surface area contributed by atoms with Gasteiger partial charge in [-0.3, -0.25) is 9.59 Å². The third kappa shape index (κ3) is 12.5. The van der Waals surface area contributed by atoms with Crippen LogP contribution in [-0.4, -0.2) is 59.0 Å². The van der Waals surface area contributed by atoms with Crippen molar-refractivity contribution in [1.82, 2.24) is 15.5 Å². The summed E-state index contributed by atoms with van der Waals surface area (Å²) >= 11 is 1.61. The molecule has 228 valence electrons. The third-order valence-corrected chi connectivity index (χ3v) is 7.46. The number of carbonyl (C=O) groups is 3. The van der Waals surface area contributed by atoms with E-state index < -0.39 is 23.8 Å². The van der Waals surface area contributed by atoms with E-state index in [1.54, 1.807) is 37.4 Å². The number of hydrogen-bond donors (Lipinski definition) is 2. The Morgan fingerprint density at radius 3 is 2.25 bits per heavy atom. The number of benzene rings is 1. The second-order valence-corrected chi connectivity index (χ2v) is 13.3. The maximum atomic E-state index is 14.5. The average molecular weight is 578 g/mol. The summed E-state index contributed by atoms with van der Waals surface area (Å²) in [5, 5.41) is 5.96. The molecule has 40 heavy (non-hydrogen) atoms. The van der Waals surface area contributed by atoms with Crippen LogP contribution in [0, 0.1) is 19.8 Å². The fraction of sp³-hybridized carbons (Fsp3) is 0.719. The zero-order chi connectivity index (χ0) is 30.5. The maximum Gasteiger partial charge on any atom is 0.408 e. The molecule has 0 heterocycles. The standard InChI is InChI=1S/C32H55N3O4S/c1-11-12-13-19-33-29(36)28(26-17-15-23(4)21-24(26)5)35(25(6)16-14-22(2)3)30(37)27(18-20-40-10)34-31(38)39-32(7,8)9/h15,17,21-22,25,27-28H,11-14,16,18-20H2,1-10H3,(H,33,36)(H,34,38). The lowest BCUT2D eigenvalue weighted by molar-refractivity contribution is -0.145. The minimum Gasteiger partial charge on any atom is -0.444 e. The van der Waals surface area contributed by atoms with Gasteiger partial charge in [0.1, 0.15) is 17.7 Å². The highest BCUT2D eigenvalue weighted by atomic mass is 32.2. The summed E-state index contributed by atoms with van der Waals surface area (Å²) in [7, 11) is 0. The number of amides is 3. The molecule has 0 fully saturated rings. The monoisotopic (exact) mass is 577 g/mol. The molecule has 0 saturated carbocycles. The minimum absolute atomic E-state index is 0.186. The van der Waals surface area contributed by atoms with E-state index in [0.29, 0.717) is 24.6 Å². The lowest BCUT2D eigenvalue weighted by Crippen LogP contribution is -2.56. The molecular weight excluding hydrogens is 522 g/mol. The molecule has 0 bridgehead atoms. The Bertz CT molecular complexity index is 945. The van der Waals surface area contributed by atoms with Gasteiger partial charge in [-0.15, -0.1) is 0 Å². The van der Waals surface area contributed by atoms with E-state index >= 15 is 0 Å². The van der Waals surface area contributed by atoms with Crippen LogP contribution in [0.4, 0.5) is 4.79 Å². The van der Waals surface area contributed by atoms with Crippen molar-refractivity contribution in [3.63, 3.8) is 0 Å². The summed E-state index contributed by atoms with van der Waals surface area (Å²) in [4.78, 5) is 43.0. The quantitative estimate of drug-likeness (QED) is 0.208. The Kier molecular flexibility index (Phi) is 15.7. The van der Waals surface area contributed by atoms with Crippen LogP contribution in [0.5, 0.6) is 0 Å². The topological polar surface area (TPSA) is 87.7 Å². The summed E-state index contributed by atoms with van der Waals surface area (Å²) in [5.74, 6) is 0.685. The van der Waals surface area contributed by atoms with Gasteiger partial charge in [0.25, 0.3) is 0 Å². The first-order valence-corrected chi connectivity index (χ1v) is 16.3. The highest BCUT2D eigenvalue weighted by molar-refractivity contribution is 7.98. The largest absolute Gasteiger partial charge is 0.444 e. The van der Waals surface area contributed by atoms with Crippen molar-refractivity contribution in [2.75, 3.05) is 18.6 Å². The first-order valence-electron chi connectivity index (χ1n) is 14.9. The van der Waals surface area contributed by atoms with Crippen LogP contribution < -0.4 is 10.6 Å². The van der Waals surface area contributed by atoms with Crippen LogP contribution in [0.2, 0.25) is 0 Å². The number of aryl methyl sites for hydroxylation is 2. The van der Waals surface area contributed by atoms with Crippen LogP contribution in [0.15, 0.2) is 18.2 Å². The van der Waals surface area contributed by atoms with Gasteiger partial charge in [0.05, 0.1) is 0 Å². The number of hydrogen-bond acceptors (Lipinski definition) is 5. The van der Waals surface area contributed by atoms with E-state index in [1.807, 2.05) is 39.2 Å². The summed E-state index contributed by atoms with van der Waals surface area (Å²) in [6.07, 6.45) is 6.40. The molecule has 0 aromatic heterocycles. The van der Waals surface area contributed by atoms with E-state index in [1.165, 1.54) is 0 Å². The SMILES string of the molecule is CCCCCNC(=O)C(c1ccc(C)cc1C)N(C(=O)C(CCSC)NC(=O)OC(C)(C)C)C(C)CCC(C)C. The van der Waals surface area contributed by atoms with E-state index in [2.05, 4.69) is 37.5 Å². The lowest BCUT2D eigenvalue weighted by atomic mass is 9.93. The normalized spacial score (nSPS) is 13.9. The molecule has 7 nitrogen and oxygen atoms in total. The van der Waals surface area contributed by atoms with Gasteiger partial charge in [-0.05, 0) is 96.3 Å². The van der Waals surface area contributed by atoms with Gasteiger partial charge in [-0.2, -0.15) is 11.8 Å². The summed E-state index contributed by atoms with van der Waals surface area (Å²) < 4.78 is 5.51. The summed E-state index contributed by atoms with van der Waals surface area (Å²) in [6, 6.07) is 4.16. The molecule has 1 aromatic rings. The zero-order valence-corrected chi connectivity index (χ0v) is 27.5. The molecule has 3 amide bonds. The van der Waals surface area contributed by atoms with Crippen LogP contribution >= 0.6 is 11.8 Å². The van der Waals surface area contributed by atoms with Gasteiger partial charge in [-0.1, -0.05) is 57.4 Å². The number of thioether (sulfide) groups is 1. The number of ether oxygens (including phenoxy) is 1. The van der Waals surface area contributed by atoms with Crippen molar-refractivity contribution >= 4 is 29.7 Å². The van der Waals surface area contributed by atoms with Gasteiger partial charge in [0.15, 0.2) is 0 Å². The highest BCUT2D eigenvalue weighted by Crippen LogP contribution is 2.30. The van der Waals surface area contributed by atoms with Crippen molar-refractivity contribution in [3.05, 3.63) is 34.9 Å². The number of rotatable bonds is 16. The van der Waals surface area contributed by atoms with Crippen LogP contribution in [0.25, 0.3) is 0 Å². The first-order chi connectivity index (χ1) is 18.7. The zero-order valence-electron chi connectivity index (χ0n) is 26.7. The van der Waals surface area contributed by atoms with Crippen molar-refractivity contribution in [1.29, 1.82) is 0 Å². The van der Waals surface area contributed by atoms with Crippen molar-refractivity contribution in [3.8, 4) is 0 Å². The van der Waals surface area contributed by atoms with Crippen LogP contribution in [-0.2, 0) is 14.3 Å². The third-order valence-electron chi connectivity index (χ3n) is 6.82. The summed E-state index contributed by atoms with van der Waals surface area (Å²) in [5.41, 5.74) is 2.17. The van der Waals surface area contributed by atoms with Crippen LogP contribution in [0.3, 0.4) is 0 Å². The highest BCUT2D eigenvalue weighted by Gasteiger charge is 2.39. The van der Waals surface area contributed by atoms with E-state index in [-0.39, 0.29) is 17.9 Å². The fourth-order valence-electron chi connectivity index (χ4n) is 4.67. The molecule has 0 saturated heterocycles. The Morgan fingerprint density at radius 2 is 1.70 bits per heavy atom. The Balaban J connectivity index is 3.61. The Hall–Kier alpha value is -2.22. The van der Waals surface area contributed by atoms with E-state index in [9.17, 15) is 14.4 Å². The average Bonchev–Trinajstić information content (AvgIpc) is 2.85. The number of nitrogens with zero attached hydrogens (tertiary/aromatic N) is 1. The first kappa shape index (κ1) is 35.8. The fourth-order valence-corrected chi connectivity index (χ4v) is 5.14. The number of unbranched alkanes of at least 4 members (excludes halogenated alkanes) is 2. The maximum absolute atomic E-state index is 14.5. The molecule has 3 unspecified atom stereocenters. The van der Waals surface area contributed by atoms with Crippen LogP contribution in [0.1, 0.15) is 110 Å². The van der Waals surface area contributed by atoms with Gasteiger partial charge < -0.3 is 20.3 Å². The molecule has 1 aromatic carbocycles. The molecule has 2 N–H and O–H groups in total. The minimum atomic E-state index is -0.815. The molecule has 8 heteroatoms. The second-order valence-electron chi connectivity index (χ2n) is 12.3. The number of alkyl carbamates (subject to hydrolysis) is 1. The van der Waals surface area contributed by atoms with Crippen molar-refractivity contribution in [2.45, 2.75) is 125 Å². The summed E-state index contributed by atoms with van der Waals surface area (Å²) in [6.45, 7) is 18.4. The molecule has 0 aliphatic heterocycles. The predicted molar refractivity (Wildman–Crippen MR) is 168 cm³/mol. The van der Waals surface area contributed by atoms with Crippen molar-refractivity contribution in [2.24, 2.45) is 5.92 Å². The predicted octanol–water partition coefficient (Wildman–Crippen LogP) is 6.95. The molecule has 1 rings (SSSR count). The molecule has 0 spiro atoms. The smallest absolute Gasteiger partial charge is 0.408 e. The van der Waals surface area contributed by atoms with Gasteiger partial charge >= 0.3 is 6.09 Å².